The molecule has 0 saturated heterocycles. The van der Waals surface area contributed by atoms with Crippen LogP contribution in [0.2, 0.25) is 18.1 Å². The Morgan fingerprint density at radius 2 is 1.71 bits per heavy atom. The Morgan fingerprint density at radius 3 is 2.18 bits per heavy atom. The van der Waals surface area contributed by atoms with E-state index >= 15 is 0 Å². The number of esters is 1. The molecule has 0 N–H and O–H groups in total. The van der Waals surface area contributed by atoms with Gasteiger partial charge in [0.1, 0.15) is 0 Å². The molecule has 0 aromatic heterocycles. The first kappa shape index (κ1) is 16.6. The van der Waals surface area contributed by atoms with Gasteiger partial charge in [0.05, 0.1) is 33.4 Å². The van der Waals surface area contributed by atoms with Crippen molar-refractivity contribution in [1.82, 2.24) is 0 Å². The first-order valence-electron chi connectivity index (χ1n) is 5.99. The summed E-state index contributed by atoms with van der Waals surface area (Å²) in [4.78, 5) is 10.8. The van der Waals surface area contributed by atoms with E-state index in [9.17, 15) is 4.79 Å². The molecule has 102 valence electrons. The molecule has 0 aliphatic rings. The topological polar surface area (TPSA) is 44.8 Å². The average Bonchev–Trinajstić information content (AvgIpc) is 2.21. The molecule has 0 aliphatic carbocycles. The van der Waals surface area contributed by atoms with E-state index in [-0.39, 0.29) is 11.0 Å². The number of hydrogen-bond acceptors (Lipinski definition) is 4. The summed E-state index contributed by atoms with van der Waals surface area (Å²) in [5.74, 6) is -0.240. The molecule has 0 rings (SSSR count). The van der Waals surface area contributed by atoms with Crippen molar-refractivity contribution >= 4 is 14.3 Å². The number of ether oxygens (including phenoxy) is 2. The van der Waals surface area contributed by atoms with Crippen molar-refractivity contribution in [3.05, 3.63) is 0 Å². The molecule has 0 bridgehead atoms. The molecule has 0 amide bonds. The second kappa shape index (κ2) is 7.13. The first-order valence-corrected chi connectivity index (χ1v) is 8.90. The van der Waals surface area contributed by atoms with Gasteiger partial charge < -0.3 is 13.9 Å². The highest BCUT2D eigenvalue weighted by atomic mass is 28.4. The molecule has 0 atom stereocenters. The summed E-state index contributed by atoms with van der Waals surface area (Å²) in [6.45, 7) is 12.6. The minimum Gasteiger partial charge on any atom is -0.469 e. The van der Waals surface area contributed by atoms with Crippen LogP contribution in [-0.4, -0.2) is 41.2 Å². The van der Waals surface area contributed by atoms with E-state index in [4.69, 9.17) is 9.16 Å². The fraction of sp³-hybridized carbons (Fsp3) is 0.917. The van der Waals surface area contributed by atoms with Crippen molar-refractivity contribution in [2.24, 2.45) is 0 Å². The molecule has 0 saturated carbocycles. The van der Waals surface area contributed by atoms with Crippen LogP contribution in [-0.2, 0) is 18.7 Å². The maximum Gasteiger partial charge on any atom is 0.307 e. The predicted molar refractivity (Wildman–Crippen MR) is 70.6 cm³/mol. The maximum absolute atomic E-state index is 10.8. The minimum atomic E-state index is -1.67. The molecule has 0 spiro atoms. The van der Waals surface area contributed by atoms with Crippen molar-refractivity contribution < 1.29 is 18.7 Å². The average molecular weight is 262 g/mol. The van der Waals surface area contributed by atoms with Crippen LogP contribution in [0.25, 0.3) is 0 Å². The number of carbonyl (C=O) groups excluding carboxylic acids is 1. The summed E-state index contributed by atoms with van der Waals surface area (Å²) < 4.78 is 15.7. The Balaban J connectivity index is 3.62. The van der Waals surface area contributed by atoms with Crippen molar-refractivity contribution in [2.45, 2.75) is 45.3 Å². The van der Waals surface area contributed by atoms with Crippen LogP contribution in [0.3, 0.4) is 0 Å². The second-order valence-corrected chi connectivity index (χ2v) is 10.4. The molecule has 0 heterocycles. The third-order valence-electron chi connectivity index (χ3n) is 3.17. The van der Waals surface area contributed by atoms with E-state index in [1.165, 1.54) is 7.11 Å². The van der Waals surface area contributed by atoms with Crippen molar-refractivity contribution in [3.8, 4) is 0 Å². The van der Waals surface area contributed by atoms with Crippen LogP contribution >= 0.6 is 0 Å². The fourth-order valence-corrected chi connectivity index (χ4v) is 1.96. The molecule has 0 aromatic rings. The highest BCUT2D eigenvalue weighted by molar-refractivity contribution is 6.74. The molecular weight excluding hydrogens is 236 g/mol. The van der Waals surface area contributed by atoms with Gasteiger partial charge in [-0.1, -0.05) is 20.8 Å². The SMILES string of the molecule is COC(=O)CCOCCO[Si](C)(C)C(C)(C)C. The second-order valence-electron chi connectivity index (χ2n) is 5.55. The number of carbonyl (C=O) groups is 1. The molecule has 17 heavy (non-hydrogen) atoms. The molecule has 0 aromatic carbocycles. The lowest BCUT2D eigenvalue weighted by molar-refractivity contribution is -0.141. The molecule has 0 unspecified atom stereocenters. The van der Waals surface area contributed by atoms with Gasteiger partial charge in [-0.2, -0.15) is 0 Å². The van der Waals surface area contributed by atoms with Gasteiger partial charge in [0.2, 0.25) is 0 Å². The quantitative estimate of drug-likeness (QED) is 0.402. The van der Waals surface area contributed by atoms with Crippen LogP contribution < -0.4 is 0 Å². The first-order chi connectivity index (χ1) is 7.70. The molecule has 0 aliphatic heterocycles. The van der Waals surface area contributed by atoms with E-state index in [0.29, 0.717) is 26.2 Å². The largest absolute Gasteiger partial charge is 0.469 e. The summed E-state index contributed by atoms with van der Waals surface area (Å²) in [6.07, 6.45) is 0.302. The van der Waals surface area contributed by atoms with Gasteiger partial charge in [0.15, 0.2) is 8.32 Å². The summed E-state index contributed by atoms with van der Waals surface area (Å²) in [7, 11) is -0.288. The van der Waals surface area contributed by atoms with Crippen molar-refractivity contribution in [2.75, 3.05) is 26.9 Å². The van der Waals surface area contributed by atoms with Crippen LogP contribution in [0.5, 0.6) is 0 Å². The highest BCUT2D eigenvalue weighted by Gasteiger charge is 2.36. The minimum absolute atomic E-state index is 0.221. The lowest BCUT2D eigenvalue weighted by Crippen LogP contribution is -2.41. The molecule has 5 heteroatoms. The van der Waals surface area contributed by atoms with Gasteiger partial charge in [0.25, 0.3) is 0 Å². The summed E-state index contributed by atoms with van der Waals surface area (Å²) >= 11 is 0. The molecule has 0 radical (unpaired) electrons. The van der Waals surface area contributed by atoms with Crippen LogP contribution in [0.15, 0.2) is 0 Å². The van der Waals surface area contributed by atoms with Crippen LogP contribution in [0.4, 0.5) is 0 Å². The maximum atomic E-state index is 10.8. The number of methoxy groups -OCH3 is 1. The number of rotatable bonds is 7. The normalized spacial score (nSPS) is 12.6. The smallest absolute Gasteiger partial charge is 0.307 e. The zero-order valence-electron chi connectivity index (χ0n) is 12.0. The van der Waals surface area contributed by atoms with E-state index in [1.807, 2.05) is 0 Å². The zero-order valence-corrected chi connectivity index (χ0v) is 13.0. The van der Waals surface area contributed by atoms with Gasteiger partial charge in [-0.15, -0.1) is 0 Å². The fourth-order valence-electron chi connectivity index (χ4n) is 0.932. The standard InChI is InChI=1S/C12H26O4Si/c1-12(2,3)17(5,6)16-10-9-15-8-7-11(13)14-4/h7-10H2,1-6H3. The summed E-state index contributed by atoms with van der Waals surface area (Å²) in [5, 5.41) is 0.221. The van der Waals surface area contributed by atoms with Gasteiger partial charge in [-0.3, -0.25) is 4.79 Å². The third kappa shape index (κ3) is 6.80. The van der Waals surface area contributed by atoms with E-state index in [2.05, 4.69) is 38.6 Å². The van der Waals surface area contributed by atoms with Crippen LogP contribution in [0, 0.1) is 0 Å². The Hall–Kier alpha value is -0.393. The Bertz CT molecular complexity index is 233. The van der Waals surface area contributed by atoms with Gasteiger partial charge in [0, 0.05) is 0 Å². The van der Waals surface area contributed by atoms with Gasteiger partial charge in [-0.25, -0.2) is 0 Å². The van der Waals surface area contributed by atoms with Gasteiger partial charge >= 0.3 is 5.97 Å². The summed E-state index contributed by atoms with van der Waals surface area (Å²) in [6, 6.07) is 0. The van der Waals surface area contributed by atoms with Crippen LogP contribution in [0.1, 0.15) is 27.2 Å². The lowest BCUT2D eigenvalue weighted by Gasteiger charge is -2.36. The molecule has 0 fully saturated rings. The number of hydrogen-bond donors (Lipinski definition) is 0. The van der Waals surface area contributed by atoms with E-state index < -0.39 is 8.32 Å². The highest BCUT2D eigenvalue weighted by Crippen LogP contribution is 2.36. The zero-order chi connectivity index (χ0) is 13.5. The van der Waals surface area contributed by atoms with E-state index in [1.54, 1.807) is 0 Å². The Labute approximate surface area is 106 Å². The van der Waals surface area contributed by atoms with Crippen molar-refractivity contribution in [1.29, 1.82) is 0 Å². The third-order valence-corrected chi connectivity index (χ3v) is 7.71. The van der Waals surface area contributed by atoms with Crippen molar-refractivity contribution in [3.63, 3.8) is 0 Å². The monoisotopic (exact) mass is 262 g/mol. The molecular formula is C12H26O4Si. The Morgan fingerprint density at radius 1 is 1.12 bits per heavy atom. The van der Waals surface area contributed by atoms with Gasteiger partial charge in [-0.05, 0) is 18.1 Å². The Kier molecular flexibility index (Phi) is 6.97. The van der Waals surface area contributed by atoms with E-state index in [0.717, 1.165) is 0 Å². The molecule has 4 nitrogen and oxygen atoms in total. The lowest BCUT2D eigenvalue weighted by atomic mass is 10.2. The summed E-state index contributed by atoms with van der Waals surface area (Å²) in [5.41, 5.74) is 0. The predicted octanol–water partition coefficient (Wildman–Crippen LogP) is 2.59.